The van der Waals surface area contributed by atoms with Gasteiger partial charge in [0.25, 0.3) is 0 Å². The van der Waals surface area contributed by atoms with Gasteiger partial charge in [0, 0.05) is 0 Å². The number of benzene rings is 2. The molecule has 2 aromatic carbocycles. The normalized spacial score (nSPS) is 12.0. The van der Waals surface area contributed by atoms with Crippen LogP contribution in [0.15, 0.2) is 53.6 Å². The number of phenols is 1. The molecule has 4 N–H and O–H groups in total. The predicted molar refractivity (Wildman–Crippen MR) is 94.3 cm³/mol. The van der Waals surface area contributed by atoms with Gasteiger partial charge in [0.15, 0.2) is 5.11 Å². The molecule has 132 valence electrons. The Bertz CT molecular complexity index is 773. The number of nitrogens with zero attached hydrogens (tertiary/aromatic N) is 1. The highest BCUT2D eigenvalue weighted by atomic mass is 32.1. The number of aromatic hydroxyl groups is 1. The maximum atomic E-state index is 12.9. The van der Waals surface area contributed by atoms with Gasteiger partial charge in [-0.2, -0.15) is 18.3 Å². The second-order valence-corrected chi connectivity index (χ2v) is 5.72. The summed E-state index contributed by atoms with van der Waals surface area (Å²) in [6.07, 6.45) is -3.55. The zero-order valence-electron chi connectivity index (χ0n) is 13.0. The lowest BCUT2D eigenvalue weighted by atomic mass is 10.00. The highest BCUT2D eigenvalue weighted by molar-refractivity contribution is 7.80. The van der Waals surface area contributed by atoms with Crippen LogP contribution in [0, 0.1) is 0 Å². The van der Waals surface area contributed by atoms with Crippen LogP contribution in [0.3, 0.4) is 0 Å². The lowest BCUT2D eigenvalue weighted by Gasteiger charge is -2.11. The van der Waals surface area contributed by atoms with Crippen molar-refractivity contribution < 1.29 is 18.3 Å². The molecule has 0 aliphatic heterocycles. The third-order valence-corrected chi connectivity index (χ3v) is 3.50. The van der Waals surface area contributed by atoms with Gasteiger partial charge in [0.05, 0.1) is 11.3 Å². The minimum absolute atomic E-state index is 0.0749. The smallest absolute Gasteiger partial charge is 0.416 e. The lowest BCUT2D eigenvalue weighted by Crippen LogP contribution is -2.26. The van der Waals surface area contributed by atoms with Gasteiger partial charge in [0.1, 0.15) is 5.75 Å². The number of hydrogen-bond donors (Lipinski definition) is 3. The van der Waals surface area contributed by atoms with Crippen molar-refractivity contribution in [1.82, 2.24) is 5.43 Å². The second-order valence-electron chi connectivity index (χ2n) is 5.28. The number of nitrogens with one attached hydrogen (secondary N) is 1. The van der Waals surface area contributed by atoms with Crippen molar-refractivity contribution in [1.29, 1.82) is 0 Å². The number of thiocarbonyl (C=S) groups is 1. The fourth-order valence-electron chi connectivity index (χ4n) is 2.19. The molecule has 0 amide bonds. The summed E-state index contributed by atoms with van der Waals surface area (Å²) in [5.41, 5.74) is 8.66. The maximum Gasteiger partial charge on any atom is 0.416 e. The summed E-state index contributed by atoms with van der Waals surface area (Å²) in [5.74, 6) is 0.144. The molecule has 0 aliphatic carbocycles. The first-order valence-electron chi connectivity index (χ1n) is 7.33. The minimum atomic E-state index is -4.44. The van der Waals surface area contributed by atoms with Crippen molar-refractivity contribution in [3.05, 3.63) is 65.2 Å². The molecule has 0 fully saturated rings. The maximum absolute atomic E-state index is 12.9. The molecule has 4 nitrogen and oxygen atoms in total. The third-order valence-electron chi connectivity index (χ3n) is 3.41. The van der Waals surface area contributed by atoms with Crippen LogP contribution in [0.4, 0.5) is 13.2 Å². The predicted octanol–water partition coefficient (Wildman–Crippen LogP) is 3.58. The Morgan fingerprint density at radius 3 is 2.44 bits per heavy atom. The molecule has 0 aromatic heterocycles. The molecule has 8 heteroatoms. The van der Waals surface area contributed by atoms with Crippen LogP contribution in [0.25, 0.3) is 0 Å². The Kier molecular flexibility index (Phi) is 5.97. The molecule has 0 spiro atoms. The molecule has 0 heterocycles. The molecule has 0 bridgehead atoms. The van der Waals surface area contributed by atoms with Gasteiger partial charge in [-0.1, -0.05) is 24.3 Å². The number of nitrogens with two attached hydrogens (primary N) is 1. The summed E-state index contributed by atoms with van der Waals surface area (Å²) in [6, 6.07) is 11.5. The molecule has 0 aliphatic rings. The Morgan fingerprint density at radius 2 is 1.84 bits per heavy atom. The molecule has 2 rings (SSSR count). The van der Waals surface area contributed by atoms with Crippen LogP contribution in [0.1, 0.15) is 23.1 Å². The van der Waals surface area contributed by atoms with E-state index in [1.807, 2.05) is 0 Å². The number of hydrazone groups is 1. The van der Waals surface area contributed by atoms with E-state index < -0.39 is 11.7 Å². The van der Waals surface area contributed by atoms with E-state index in [9.17, 15) is 18.3 Å². The van der Waals surface area contributed by atoms with E-state index in [-0.39, 0.29) is 10.9 Å². The number of rotatable bonds is 5. The van der Waals surface area contributed by atoms with Crippen molar-refractivity contribution in [2.24, 2.45) is 10.8 Å². The topological polar surface area (TPSA) is 70.6 Å². The molecular formula is C17H16F3N3OS. The average Bonchev–Trinajstić information content (AvgIpc) is 2.55. The van der Waals surface area contributed by atoms with E-state index in [1.165, 1.54) is 6.07 Å². The Hall–Kier alpha value is -2.61. The summed E-state index contributed by atoms with van der Waals surface area (Å²) in [7, 11) is 0. The fraction of sp³-hybridized carbons (Fsp3) is 0.176. The fourth-order valence-corrected chi connectivity index (χ4v) is 2.23. The van der Waals surface area contributed by atoms with E-state index in [0.29, 0.717) is 24.1 Å². The van der Waals surface area contributed by atoms with Crippen LogP contribution in [0.2, 0.25) is 0 Å². The summed E-state index contributed by atoms with van der Waals surface area (Å²) in [4.78, 5) is 0. The quantitative estimate of drug-likeness (QED) is 0.429. The van der Waals surface area contributed by atoms with Crippen molar-refractivity contribution >= 4 is 23.0 Å². The Morgan fingerprint density at radius 1 is 1.16 bits per heavy atom. The molecule has 0 atom stereocenters. The molecule has 0 saturated carbocycles. The van der Waals surface area contributed by atoms with Crippen LogP contribution in [0.5, 0.6) is 5.75 Å². The Labute approximate surface area is 148 Å². The highest BCUT2D eigenvalue weighted by Crippen LogP contribution is 2.30. The number of alkyl halides is 3. The van der Waals surface area contributed by atoms with E-state index >= 15 is 0 Å². The first kappa shape index (κ1) is 18.7. The van der Waals surface area contributed by atoms with Crippen molar-refractivity contribution in [3.63, 3.8) is 0 Å². The molecule has 0 saturated heterocycles. The molecule has 0 unspecified atom stereocenters. The van der Waals surface area contributed by atoms with Crippen molar-refractivity contribution in [2.45, 2.75) is 19.0 Å². The van der Waals surface area contributed by atoms with Gasteiger partial charge in [-0.15, -0.1) is 0 Å². The molecular weight excluding hydrogens is 351 g/mol. The van der Waals surface area contributed by atoms with Gasteiger partial charge in [-0.3, -0.25) is 5.43 Å². The monoisotopic (exact) mass is 367 g/mol. The van der Waals surface area contributed by atoms with Crippen molar-refractivity contribution in [3.8, 4) is 5.75 Å². The van der Waals surface area contributed by atoms with E-state index in [2.05, 4.69) is 10.5 Å². The molecule has 0 radical (unpaired) electrons. The summed E-state index contributed by atoms with van der Waals surface area (Å²) in [6.45, 7) is 0. The minimum Gasteiger partial charge on any atom is -0.508 e. The van der Waals surface area contributed by atoms with Gasteiger partial charge in [0.2, 0.25) is 0 Å². The molecule has 25 heavy (non-hydrogen) atoms. The zero-order valence-corrected chi connectivity index (χ0v) is 13.9. The van der Waals surface area contributed by atoms with E-state index in [1.54, 1.807) is 30.3 Å². The number of halogens is 3. The Balaban J connectivity index is 2.25. The first-order chi connectivity index (χ1) is 11.8. The second kappa shape index (κ2) is 7.98. The lowest BCUT2D eigenvalue weighted by molar-refractivity contribution is -0.137. The van der Waals surface area contributed by atoms with Gasteiger partial charge >= 0.3 is 6.18 Å². The summed E-state index contributed by atoms with van der Waals surface area (Å²) in [5, 5.41) is 13.3. The molecule has 2 aromatic rings. The summed E-state index contributed by atoms with van der Waals surface area (Å²) >= 11 is 4.69. The van der Waals surface area contributed by atoms with Crippen LogP contribution in [-0.2, 0) is 12.6 Å². The van der Waals surface area contributed by atoms with Crippen LogP contribution in [-0.4, -0.2) is 15.9 Å². The largest absolute Gasteiger partial charge is 0.508 e. The van der Waals surface area contributed by atoms with E-state index in [4.69, 9.17) is 18.0 Å². The van der Waals surface area contributed by atoms with E-state index in [0.717, 1.165) is 17.7 Å². The van der Waals surface area contributed by atoms with Gasteiger partial charge in [-0.05, 0) is 60.5 Å². The highest BCUT2D eigenvalue weighted by Gasteiger charge is 2.30. The van der Waals surface area contributed by atoms with Gasteiger partial charge in [-0.25, -0.2) is 0 Å². The third kappa shape index (κ3) is 5.75. The zero-order chi connectivity index (χ0) is 18.4. The van der Waals surface area contributed by atoms with Crippen LogP contribution < -0.4 is 11.2 Å². The number of aryl methyl sites for hydroxylation is 1. The van der Waals surface area contributed by atoms with Gasteiger partial charge < -0.3 is 10.8 Å². The first-order valence-corrected chi connectivity index (χ1v) is 7.74. The number of hydrogen-bond acceptors (Lipinski definition) is 3. The standard InChI is InChI=1S/C17H16F3N3OS/c18-17(19,20)13-3-1-2-12(10-13)15(22-23-16(21)25)9-6-11-4-7-14(24)8-5-11/h1-5,7-8,10,24H,6,9H2,(H3,21,23,25)/b22-15+. The SMILES string of the molecule is NC(=S)N/N=C(\CCc1ccc(O)cc1)c1cccc(C(F)(F)F)c1. The average molecular weight is 367 g/mol. The van der Waals surface area contributed by atoms with Crippen LogP contribution >= 0.6 is 12.2 Å². The summed E-state index contributed by atoms with van der Waals surface area (Å²) < 4.78 is 38.7. The number of phenolic OH excluding ortho intramolecular Hbond substituents is 1. The van der Waals surface area contributed by atoms with Crippen molar-refractivity contribution in [2.75, 3.05) is 0 Å².